The largest absolute Gasteiger partial charge is 0.463 e. The number of Topliss-reactive ketones (excluding diaryl/α,β-unsaturated/α-hetero) is 1. The molecule has 0 aromatic heterocycles. The van der Waals surface area contributed by atoms with Crippen molar-refractivity contribution in [2.24, 2.45) is 11.8 Å². The van der Waals surface area contributed by atoms with Crippen LogP contribution in [0.4, 0.5) is 0 Å². The summed E-state index contributed by atoms with van der Waals surface area (Å²) in [5.41, 5.74) is 0. The van der Waals surface area contributed by atoms with Gasteiger partial charge in [-0.25, -0.2) is 0 Å². The van der Waals surface area contributed by atoms with Crippen molar-refractivity contribution in [3.63, 3.8) is 0 Å². The van der Waals surface area contributed by atoms with Gasteiger partial charge in [-0.2, -0.15) is 0 Å². The van der Waals surface area contributed by atoms with E-state index in [9.17, 15) is 29.7 Å². The highest BCUT2D eigenvalue weighted by Gasteiger charge is 2.39. The van der Waals surface area contributed by atoms with Gasteiger partial charge in [0.1, 0.15) is 25.1 Å². The van der Waals surface area contributed by atoms with Gasteiger partial charge in [0.05, 0.1) is 12.2 Å². The maximum Gasteiger partial charge on any atom is 0.305 e. The molecule has 8 heteroatoms. The minimum absolute atomic E-state index is 0.0325. The van der Waals surface area contributed by atoms with E-state index in [0.29, 0.717) is 32.1 Å². The van der Waals surface area contributed by atoms with Crippen LogP contribution in [-0.2, 0) is 23.9 Å². The van der Waals surface area contributed by atoms with Crippen LogP contribution in [0.15, 0.2) is 24.3 Å². The first-order chi connectivity index (χ1) is 23.8. The molecule has 8 nitrogen and oxygen atoms in total. The Hall–Kier alpha value is -2.03. The topological polar surface area (TPSA) is 130 Å². The highest BCUT2D eigenvalue weighted by molar-refractivity contribution is 5.84. The third-order valence-electron chi connectivity index (χ3n) is 9.56. The molecule has 0 amide bonds. The fourth-order valence-electron chi connectivity index (χ4n) is 6.42. The van der Waals surface area contributed by atoms with Crippen LogP contribution in [0.3, 0.4) is 0 Å². The van der Waals surface area contributed by atoms with Crippen LogP contribution < -0.4 is 0 Å². The Morgan fingerprint density at radius 2 is 1.20 bits per heavy atom. The van der Waals surface area contributed by atoms with E-state index in [2.05, 4.69) is 13.8 Å². The van der Waals surface area contributed by atoms with Crippen molar-refractivity contribution in [3.8, 4) is 0 Å². The molecule has 0 bridgehead atoms. The summed E-state index contributed by atoms with van der Waals surface area (Å²) >= 11 is 0. The Morgan fingerprint density at radius 1 is 0.714 bits per heavy atom. The number of unbranched alkanes of at least 4 members (excludes halogenated alkanes) is 17. The Kier molecular flexibility index (Phi) is 28.2. The van der Waals surface area contributed by atoms with Crippen LogP contribution in [0.2, 0.25) is 0 Å². The lowest BCUT2D eigenvalue weighted by atomic mass is 9.90. The average molecular weight is 693 g/mol. The lowest BCUT2D eigenvalue weighted by molar-refractivity contribution is -0.152. The van der Waals surface area contributed by atoms with Crippen LogP contribution in [0.5, 0.6) is 0 Å². The van der Waals surface area contributed by atoms with Gasteiger partial charge in [-0.3, -0.25) is 14.4 Å². The van der Waals surface area contributed by atoms with Crippen LogP contribution in [0.25, 0.3) is 0 Å². The van der Waals surface area contributed by atoms with E-state index < -0.39 is 24.3 Å². The average Bonchev–Trinajstić information content (AvgIpc) is 3.35. The van der Waals surface area contributed by atoms with E-state index in [4.69, 9.17) is 9.47 Å². The van der Waals surface area contributed by atoms with E-state index in [-0.39, 0.29) is 49.6 Å². The first-order valence-corrected chi connectivity index (χ1v) is 20.0. The number of esters is 2. The highest BCUT2D eigenvalue weighted by atomic mass is 16.6. The molecule has 3 N–H and O–H groups in total. The van der Waals surface area contributed by atoms with E-state index in [1.54, 1.807) is 12.2 Å². The Morgan fingerprint density at radius 3 is 1.76 bits per heavy atom. The molecule has 0 unspecified atom stereocenters. The summed E-state index contributed by atoms with van der Waals surface area (Å²) in [5.74, 6) is -1.33. The van der Waals surface area contributed by atoms with Crippen LogP contribution >= 0.6 is 0 Å². The smallest absolute Gasteiger partial charge is 0.305 e. The first-order valence-electron chi connectivity index (χ1n) is 20.0. The molecule has 1 fully saturated rings. The Bertz CT molecular complexity index is 900. The van der Waals surface area contributed by atoms with Crippen molar-refractivity contribution >= 4 is 17.7 Å². The van der Waals surface area contributed by atoms with Gasteiger partial charge in [-0.15, -0.1) is 0 Å². The summed E-state index contributed by atoms with van der Waals surface area (Å²) in [6.07, 6.45) is 30.2. The lowest BCUT2D eigenvalue weighted by Crippen LogP contribution is -2.25. The summed E-state index contributed by atoms with van der Waals surface area (Å²) in [7, 11) is 0. The van der Waals surface area contributed by atoms with E-state index in [0.717, 1.165) is 38.5 Å². The molecule has 0 aliphatic heterocycles. The van der Waals surface area contributed by atoms with Crippen molar-refractivity contribution in [1.82, 2.24) is 0 Å². The van der Waals surface area contributed by atoms with Gasteiger partial charge in [0.2, 0.25) is 0 Å². The molecule has 1 aliphatic rings. The predicted octanol–water partition coefficient (Wildman–Crippen LogP) is 8.88. The third-order valence-corrected chi connectivity index (χ3v) is 9.56. The van der Waals surface area contributed by atoms with Gasteiger partial charge in [-0.1, -0.05) is 147 Å². The summed E-state index contributed by atoms with van der Waals surface area (Å²) in [6.45, 7) is 3.98. The number of carbonyl (C=O) groups is 3. The zero-order valence-electron chi connectivity index (χ0n) is 31.2. The summed E-state index contributed by atoms with van der Waals surface area (Å²) in [6, 6.07) is 0. The minimum atomic E-state index is -1.05. The molecule has 1 saturated carbocycles. The maximum absolute atomic E-state index is 12.4. The molecular weight excluding hydrogens is 620 g/mol. The van der Waals surface area contributed by atoms with Crippen LogP contribution in [-0.4, -0.2) is 64.6 Å². The van der Waals surface area contributed by atoms with Crippen molar-refractivity contribution in [2.75, 3.05) is 13.2 Å². The number of carbonyl (C=O) groups excluding carboxylic acids is 3. The third kappa shape index (κ3) is 24.7. The summed E-state index contributed by atoms with van der Waals surface area (Å²) < 4.78 is 10.3. The summed E-state index contributed by atoms with van der Waals surface area (Å²) in [4.78, 5) is 36.5. The number of ketones is 1. The molecule has 284 valence electrons. The molecule has 1 rings (SSSR count). The predicted molar refractivity (Wildman–Crippen MR) is 197 cm³/mol. The SMILES string of the molecule is CCCCCCCCCCCCCCCCCC(=O)OC[C@@H](O)COC(=O)CCC/C=C\C[C@H]1C(=O)C[C@@H](O)[C@@H]1/C=C/[C@@H](O)CCCCC. The second-order valence-electron chi connectivity index (χ2n) is 14.2. The molecule has 1 aliphatic carbocycles. The number of aliphatic hydroxyl groups is 3. The van der Waals surface area contributed by atoms with Gasteiger partial charge in [0.15, 0.2) is 0 Å². The molecule has 5 atom stereocenters. The second-order valence-corrected chi connectivity index (χ2v) is 14.2. The number of hydrogen-bond acceptors (Lipinski definition) is 8. The fourth-order valence-corrected chi connectivity index (χ4v) is 6.42. The van der Waals surface area contributed by atoms with Gasteiger partial charge in [-0.05, 0) is 32.1 Å². The summed E-state index contributed by atoms with van der Waals surface area (Å²) in [5, 5.41) is 30.6. The van der Waals surface area contributed by atoms with E-state index >= 15 is 0 Å². The molecular formula is C41H72O8. The normalized spacial score (nSPS) is 19.2. The number of allylic oxidation sites excluding steroid dienone is 2. The standard InChI is InChI=1S/C41H72O8/c1-3-5-7-8-9-10-11-12-13-14-15-16-17-18-23-27-40(46)48-32-35(43)33-49-41(47)28-24-20-19-22-26-36-37(39(45)31-38(36)44)30-29-34(42)25-21-6-4-2/h19,22,29-30,34-37,39,42-43,45H,3-18,20-21,23-28,31-33H2,1-2H3/b22-19-,30-29+/t34-,35+,36+,37+,39+/m0/s1. The monoisotopic (exact) mass is 693 g/mol. The Balaban J connectivity index is 2.04. The van der Waals surface area contributed by atoms with Crippen molar-refractivity contribution in [3.05, 3.63) is 24.3 Å². The number of aliphatic hydroxyl groups excluding tert-OH is 3. The van der Waals surface area contributed by atoms with Gasteiger partial charge in [0, 0.05) is 31.1 Å². The van der Waals surface area contributed by atoms with Crippen molar-refractivity contribution in [1.29, 1.82) is 0 Å². The van der Waals surface area contributed by atoms with Crippen molar-refractivity contribution < 1.29 is 39.2 Å². The van der Waals surface area contributed by atoms with E-state index in [1.165, 1.54) is 77.0 Å². The lowest BCUT2D eigenvalue weighted by Gasteiger charge is -2.16. The molecule has 0 spiro atoms. The fraction of sp³-hybridized carbons (Fsp3) is 0.829. The molecule has 0 aromatic rings. The zero-order chi connectivity index (χ0) is 36.0. The highest BCUT2D eigenvalue weighted by Crippen LogP contribution is 2.33. The van der Waals surface area contributed by atoms with Gasteiger partial charge in [0.25, 0.3) is 0 Å². The van der Waals surface area contributed by atoms with Crippen LogP contribution in [0.1, 0.15) is 174 Å². The number of hydrogen-bond donors (Lipinski definition) is 3. The maximum atomic E-state index is 12.4. The minimum Gasteiger partial charge on any atom is -0.463 e. The zero-order valence-corrected chi connectivity index (χ0v) is 31.2. The molecule has 49 heavy (non-hydrogen) atoms. The second kappa shape index (κ2) is 30.8. The molecule has 0 heterocycles. The van der Waals surface area contributed by atoms with Crippen molar-refractivity contribution in [2.45, 2.75) is 193 Å². The molecule has 0 aromatic carbocycles. The molecule has 0 radical (unpaired) electrons. The molecule has 0 saturated heterocycles. The van der Waals surface area contributed by atoms with Gasteiger partial charge < -0.3 is 24.8 Å². The number of rotatable bonds is 32. The Labute approximate surface area is 298 Å². The first kappa shape index (κ1) is 45.0. The quantitative estimate of drug-likeness (QED) is 0.0362. The van der Waals surface area contributed by atoms with Crippen LogP contribution in [0, 0.1) is 11.8 Å². The van der Waals surface area contributed by atoms with E-state index in [1.807, 2.05) is 12.2 Å². The van der Waals surface area contributed by atoms with Gasteiger partial charge >= 0.3 is 11.9 Å². The number of ether oxygens (including phenoxy) is 2.